The normalized spacial score (nSPS) is 29.5. The monoisotopic (exact) mass is 184 g/mol. The average molecular weight is 184 g/mol. The van der Waals surface area contributed by atoms with Gasteiger partial charge in [-0.2, -0.15) is 0 Å². The van der Waals surface area contributed by atoms with Crippen LogP contribution in [0.2, 0.25) is 0 Å². The van der Waals surface area contributed by atoms with Gasteiger partial charge in [-0.1, -0.05) is 26.7 Å². The molecule has 2 N–H and O–H groups in total. The van der Waals surface area contributed by atoms with Crippen molar-refractivity contribution in [2.75, 3.05) is 19.6 Å². The lowest BCUT2D eigenvalue weighted by atomic mass is 9.85. The first-order valence-corrected chi connectivity index (χ1v) is 5.75. The zero-order valence-electron chi connectivity index (χ0n) is 9.13. The van der Waals surface area contributed by atoms with Gasteiger partial charge in [0.1, 0.15) is 0 Å². The molecular formula is C11H24N2. The maximum absolute atomic E-state index is 6.11. The standard InChI is InChI=1S/C11H24N2/c1-3-13(4-2)9-10-7-5-6-8-11(10)12/h10-11H,3-9,12H2,1-2H3/t10-,11+/m0/s1. The van der Waals surface area contributed by atoms with Crippen molar-refractivity contribution >= 4 is 0 Å². The van der Waals surface area contributed by atoms with Gasteiger partial charge in [0.15, 0.2) is 0 Å². The lowest BCUT2D eigenvalue weighted by molar-refractivity contribution is 0.197. The van der Waals surface area contributed by atoms with E-state index in [1.165, 1.54) is 45.3 Å². The molecule has 0 amide bonds. The second kappa shape index (κ2) is 5.61. The van der Waals surface area contributed by atoms with Crippen LogP contribution in [0.25, 0.3) is 0 Å². The Morgan fingerprint density at radius 1 is 1.15 bits per heavy atom. The molecule has 2 nitrogen and oxygen atoms in total. The number of hydrogen-bond donors (Lipinski definition) is 1. The van der Waals surface area contributed by atoms with E-state index in [1.54, 1.807) is 0 Å². The second-order valence-electron chi connectivity index (χ2n) is 4.19. The fourth-order valence-corrected chi connectivity index (χ4v) is 2.28. The number of hydrogen-bond acceptors (Lipinski definition) is 2. The van der Waals surface area contributed by atoms with E-state index in [0.29, 0.717) is 6.04 Å². The maximum Gasteiger partial charge on any atom is 0.00793 e. The van der Waals surface area contributed by atoms with Gasteiger partial charge < -0.3 is 10.6 Å². The Kier molecular flexibility index (Phi) is 4.74. The van der Waals surface area contributed by atoms with Crippen LogP contribution in [-0.4, -0.2) is 30.6 Å². The van der Waals surface area contributed by atoms with Crippen molar-refractivity contribution in [1.29, 1.82) is 0 Å². The highest BCUT2D eigenvalue weighted by atomic mass is 15.1. The Balaban J connectivity index is 2.32. The van der Waals surface area contributed by atoms with Crippen LogP contribution in [-0.2, 0) is 0 Å². The molecule has 1 fully saturated rings. The minimum absolute atomic E-state index is 0.467. The lowest BCUT2D eigenvalue weighted by Crippen LogP contribution is -2.41. The van der Waals surface area contributed by atoms with Crippen LogP contribution in [0, 0.1) is 5.92 Å². The van der Waals surface area contributed by atoms with Crippen molar-refractivity contribution in [1.82, 2.24) is 4.90 Å². The van der Waals surface area contributed by atoms with Gasteiger partial charge >= 0.3 is 0 Å². The number of nitrogens with two attached hydrogens (primary N) is 1. The minimum Gasteiger partial charge on any atom is -0.327 e. The van der Waals surface area contributed by atoms with Crippen molar-refractivity contribution in [2.24, 2.45) is 11.7 Å². The molecule has 13 heavy (non-hydrogen) atoms. The third kappa shape index (κ3) is 3.28. The Morgan fingerprint density at radius 2 is 1.77 bits per heavy atom. The van der Waals surface area contributed by atoms with E-state index >= 15 is 0 Å². The Hall–Kier alpha value is -0.0800. The van der Waals surface area contributed by atoms with Crippen LogP contribution in [0.3, 0.4) is 0 Å². The van der Waals surface area contributed by atoms with Gasteiger partial charge in [0, 0.05) is 12.6 Å². The lowest BCUT2D eigenvalue weighted by Gasteiger charge is -2.32. The van der Waals surface area contributed by atoms with Crippen LogP contribution in [0.1, 0.15) is 39.5 Å². The second-order valence-corrected chi connectivity index (χ2v) is 4.19. The highest BCUT2D eigenvalue weighted by Gasteiger charge is 2.22. The Labute approximate surface area is 82.5 Å². The van der Waals surface area contributed by atoms with Gasteiger partial charge in [-0.15, -0.1) is 0 Å². The van der Waals surface area contributed by atoms with E-state index in [2.05, 4.69) is 18.7 Å². The van der Waals surface area contributed by atoms with Crippen molar-refractivity contribution in [3.63, 3.8) is 0 Å². The predicted octanol–water partition coefficient (Wildman–Crippen LogP) is 1.85. The molecule has 0 aromatic carbocycles. The summed E-state index contributed by atoms with van der Waals surface area (Å²) < 4.78 is 0. The Bertz CT molecular complexity index is 132. The summed E-state index contributed by atoms with van der Waals surface area (Å²) in [5.74, 6) is 0.758. The molecule has 0 spiro atoms. The smallest absolute Gasteiger partial charge is 0.00793 e. The average Bonchev–Trinajstić information content (AvgIpc) is 2.17. The van der Waals surface area contributed by atoms with Crippen molar-refractivity contribution < 1.29 is 0 Å². The van der Waals surface area contributed by atoms with E-state index < -0.39 is 0 Å². The van der Waals surface area contributed by atoms with Crippen LogP contribution in [0.4, 0.5) is 0 Å². The van der Waals surface area contributed by atoms with Gasteiger partial charge in [0.25, 0.3) is 0 Å². The molecule has 1 saturated carbocycles. The fourth-order valence-electron chi connectivity index (χ4n) is 2.28. The molecule has 0 heterocycles. The van der Waals surface area contributed by atoms with Gasteiger partial charge in [-0.25, -0.2) is 0 Å². The first kappa shape index (κ1) is 11.0. The topological polar surface area (TPSA) is 29.3 Å². The van der Waals surface area contributed by atoms with Crippen LogP contribution < -0.4 is 5.73 Å². The molecule has 2 heteroatoms. The first-order chi connectivity index (χ1) is 6.27. The summed E-state index contributed by atoms with van der Waals surface area (Å²) in [7, 11) is 0. The third-order valence-corrected chi connectivity index (χ3v) is 3.36. The molecule has 0 saturated heterocycles. The summed E-state index contributed by atoms with van der Waals surface area (Å²) in [4.78, 5) is 2.50. The molecule has 1 aliphatic rings. The summed E-state index contributed by atoms with van der Waals surface area (Å²) in [6.45, 7) is 8.02. The van der Waals surface area contributed by atoms with E-state index in [1.807, 2.05) is 0 Å². The quantitative estimate of drug-likeness (QED) is 0.722. The van der Waals surface area contributed by atoms with Crippen molar-refractivity contribution in [2.45, 2.75) is 45.6 Å². The summed E-state index contributed by atoms with van der Waals surface area (Å²) >= 11 is 0. The molecule has 0 aromatic heterocycles. The van der Waals surface area contributed by atoms with E-state index in [-0.39, 0.29) is 0 Å². The largest absolute Gasteiger partial charge is 0.327 e. The third-order valence-electron chi connectivity index (χ3n) is 3.36. The molecule has 78 valence electrons. The molecule has 1 aliphatic carbocycles. The molecule has 0 unspecified atom stereocenters. The summed E-state index contributed by atoms with van der Waals surface area (Å²) in [6.07, 6.45) is 5.32. The summed E-state index contributed by atoms with van der Waals surface area (Å²) in [5, 5.41) is 0. The maximum atomic E-state index is 6.11. The summed E-state index contributed by atoms with van der Waals surface area (Å²) in [6, 6.07) is 0.467. The van der Waals surface area contributed by atoms with E-state index in [0.717, 1.165) is 5.92 Å². The van der Waals surface area contributed by atoms with Crippen LogP contribution >= 0.6 is 0 Å². The highest BCUT2D eigenvalue weighted by molar-refractivity contribution is 4.80. The SMILES string of the molecule is CCN(CC)C[C@@H]1CCCC[C@H]1N. The fraction of sp³-hybridized carbons (Fsp3) is 1.00. The molecule has 1 rings (SSSR count). The number of nitrogens with zero attached hydrogens (tertiary/aromatic N) is 1. The predicted molar refractivity (Wildman–Crippen MR) is 57.7 cm³/mol. The molecule has 0 aliphatic heterocycles. The highest BCUT2D eigenvalue weighted by Crippen LogP contribution is 2.23. The van der Waals surface area contributed by atoms with Gasteiger partial charge in [0.2, 0.25) is 0 Å². The van der Waals surface area contributed by atoms with Gasteiger partial charge in [0.05, 0.1) is 0 Å². The first-order valence-electron chi connectivity index (χ1n) is 5.75. The minimum atomic E-state index is 0.467. The number of rotatable bonds is 4. The van der Waals surface area contributed by atoms with E-state index in [4.69, 9.17) is 5.73 Å². The van der Waals surface area contributed by atoms with Crippen LogP contribution in [0.5, 0.6) is 0 Å². The molecule has 0 bridgehead atoms. The summed E-state index contributed by atoms with van der Waals surface area (Å²) in [5.41, 5.74) is 6.11. The van der Waals surface area contributed by atoms with Crippen molar-refractivity contribution in [3.8, 4) is 0 Å². The Morgan fingerprint density at radius 3 is 2.31 bits per heavy atom. The molecule has 2 atom stereocenters. The van der Waals surface area contributed by atoms with E-state index in [9.17, 15) is 0 Å². The molecule has 0 aromatic rings. The zero-order chi connectivity index (χ0) is 9.68. The molecule has 0 radical (unpaired) electrons. The van der Waals surface area contributed by atoms with Crippen LogP contribution in [0.15, 0.2) is 0 Å². The zero-order valence-corrected chi connectivity index (χ0v) is 9.13. The van der Waals surface area contributed by atoms with Crippen molar-refractivity contribution in [3.05, 3.63) is 0 Å². The van der Waals surface area contributed by atoms with Gasteiger partial charge in [-0.05, 0) is 31.8 Å². The molecular weight excluding hydrogens is 160 g/mol. The van der Waals surface area contributed by atoms with Gasteiger partial charge in [-0.3, -0.25) is 0 Å².